The van der Waals surface area contributed by atoms with Gasteiger partial charge in [-0.25, -0.2) is 0 Å². The van der Waals surface area contributed by atoms with Gasteiger partial charge in [0.25, 0.3) is 5.09 Å². The first-order valence-corrected chi connectivity index (χ1v) is 1.24. The van der Waals surface area contributed by atoms with Crippen LogP contribution in [0.3, 0.4) is 0 Å². The average molecular weight is 86.8 g/mol. The lowest BCUT2D eigenvalue weighted by Gasteiger charge is -1.84. The SMILES string of the molecule is [B]CO[N+](=O)[O-]. The molecule has 4 nitrogen and oxygen atoms in total. The molecule has 0 saturated heterocycles. The van der Waals surface area contributed by atoms with Gasteiger partial charge < -0.3 is 4.84 Å². The molecule has 0 amide bonds. The molecule has 0 N–H and O–H groups in total. The van der Waals surface area contributed by atoms with E-state index in [1.54, 1.807) is 0 Å². The van der Waals surface area contributed by atoms with Crippen molar-refractivity contribution >= 4 is 7.85 Å². The second kappa shape index (κ2) is 2.50. The standard InChI is InChI=1S/CH2BNO3/c2-1-6-3(4)5/h1H2. The zero-order valence-electron chi connectivity index (χ0n) is 2.96. The van der Waals surface area contributed by atoms with Crippen LogP contribution in [0.5, 0.6) is 0 Å². The van der Waals surface area contributed by atoms with E-state index >= 15 is 0 Å². The van der Waals surface area contributed by atoms with Gasteiger partial charge in [0.1, 0.15) is 7.85 Å². The monoisotopic (exact) mass is 87.0 g/mol. The van der Waals surface area contributed by atoms with Gasteiger partial charge in [-0.1, -0.05) is 0 Å². The molecule has 0 bridgehead atoms. The van der Waals surface area contributed by atoms with Crippen LogP contribution in [-0.2, 0) is 4.84 Å². The Hall–Kier alpha value is -0.735. The molecule has 0 heterocycles. The normalized spacial score (nSPS) is 7.33. The number of rotatable bonds is 2. The van der Waals surface area contributed by atoms with Crippen molar-refractivity contribution in [1.82, 2.24) is 0 Å². The maximum absolute atomic E-state index is 9.10. The largest absolute Gasteiger partial charge is 0.324 e. The number of hydrogen-bond donors (Lipinski definition) is 0. The highest BCUT2D eigenvalue weighted by Gasteiger charge is 1.83. The fourth-order valence-electron chi connectivity index (χ4n) is 0.0609. The Labute approximate surface area is 35.6 Å². The third-order valence-electron chi connectivity index (χ3n) is 0.180. The minimum atomic E-state index is -0.944. The Morgan fingerprint density at radius 1 is 2.00 bits per heavy atom. The van der Waals surface area contributed by atoms with Crippen LogP contribution in [0.2, 0.25) is 0 Å². The van der Waals surface area contributed by atoms with E-state index in [0.717, 1.165) is 0 Å². The summed E-state index contributed by atoms with van der Waals surface area (Å²) >= 11 is 0. The summed E-state index contributed by atoms with van der Waals surface area (Å²) in [5.74, 6) is 0. The highest BCUT2D eigenvalue weighted by molar-refractivity contribution is 6.08. The third kappa shape index (κ3) is 3.26. The Morgan fingerprint density at radius 3 is 2.50 bits per heavy atom. The second-order valence-electron chi connectivity index (χ2n) is 0.519. The minimum absolute atomic E-state index is 0.368. The van der Waals surface area contributed by atoms with Crippen LogP contribution < -0.4 is 0 Å². The molecule has 0 aromatic heterocycles. The molecule has 0 unspecified atom stereocenters. The summed E-state index contributed by atoms with van der Waals surface area (Å²) in [6, 6.07) is 0. The molecule has 0 aliphatic rings. The molecule has 0 aromatic carbocycles. The van der Waals surface area contributed by atoms with Crippen LogP contribution in [0, 0.1) is 10.1 Å². The lowest BCUT2D eigenvalue weighted by Crippen LogP contribution is -2.00. The minimum Gasteiger partial charge on any atom is -0.324 e. The Kier molecular flexibility index (Phi) is 2.19. The van der Waals surface area contributed by atoms with Gasteiger partial charge in [0.15, 0.2) is 0 Å². The third-order valence-corrected chi connectivity index (χ3v) is 0.180. The van der Waals surface area contributed by atoms with Crippen molar-refractivity contribution in [3.63, 3.8) is 0 Å². The van der Waals surface area contributed by atoms with Gasteiger partial charge in [0.2, 0.25) is 0 Å². The summed E-state index contributed by atoms with van der Waals surface area (Å²) in [6.45, 7) is -0.368. The van der Waals surface area contributed by atoms with E-state index in [-0.39, 0.29) is 6.51 Å². The van der Waals surface area contributed by atoms with E-state index in [0.29, 0.717) is 0 Å². The molecule has 5 heteroatoms. The highest BCUT2D eigenvalue weighted by Crippen LogP contribution is 1.64. The molecule has 0 aromatic rings. The van der Waals surface area contributed by atoms with Crippen molar-refractivity contribution < 1.29 is 9.92 Å². The van der Waals surface area contributed by atoms with Gasteiger partial charge in [-0.15, -0.1) is 10.1 Å². The first kappa shape index (κ1) is 5.26. The Bertz CT molecular complexity index is 54.8. The number of hydrogen-bond acceptors (Lipinski definition) is 3. The summed E-state index contributed by atoms with van der Waals surface area (Å²) in [5, 5.41) is 8.16. The van der Waals surface area contributed by atoms with Crippen molar-refractivity contribution in [3.05, 3.63) is 10.1 Å². The summed E-state index contributed by atoms with van der Waals surface area (Å²) in [5.41, 5.74) is 0. The summed E-state index contributed by atoms with van der Waals surface area (Å²) in [6.07, 6.45) is 0. The van der Waals surface area contributed by atoms with Crippen LogP contribution in [0.4, 0.5) is 0 Å². The van der Waals surface area contributed by atoms with Crippen LogP contribution >= 0.6 is 0 Å². The molecule has 0 fully saturated rings. The maximum atomic E-state index is 9.10. The van der Waals surface area contributed by atoms with E-state index < -0.39 is 5.09 Å². The Morgan fingerprint density at radius 2 is 2.50 bits per heavy atom. The van der Waals surface area contributed by atoms with Gasteiger partial charge in [-0.05, 0) is 0 Å². The molecule has 2 radical (unpaired) electrons. The average Bonchev–Trinajstić information content (AvgIpc) is 1.35. The Balaban J connectivity index is 2.83. The van der Waals surface area contributed by atoms with Gasteiger partial charge in [0, 0.05) is 0 Å². The maximum Gasteiger partial charge on any atom is 0.293 e. The second-order valence-corrected chi connectivity index (χ2v) is 0.519. The molecule has 0 aliphatic heterocycles. The van der Waals surface area contributed by atoms with Crippen molar-refractivity contribution in [1.29, 1.82) is 0 Å². The smallest absolute Gasteiger partial charge is 0.293 e. The fraction of sp³-hybridized carbons (Fsp3) is 1.00. The van der Waals surface area contributed by atoms with Crippen LogP contribution in [-0.4, -0.2) is 19.4 Å². The van der Waals surface area contributed by atoms with E-state index in [4.69, 9.17) is 10.1 Å². The van der Waals surface area contributed by atoms with Crippen LogP contribution in [0.15, 0.2) is 0 Å². The van der Waals surface area contributed by atoms with E-state index in [1.807, 2.05) is 0 Å². The topological polar surface area (TPSA) is 52.4 Å². The molecule has 32 valence electrons. The molecule has 6 heavy (non-hydrogen) atoms. The molecule has 0 atom stereocenters. The summed E-state index contributed by atoms with van der Waals surface area (Å²) < 4.78 is 0. The van der Waals surface area contributed by atoms with Crippen molar-refractivity contribution in [2.45, 2.75) is 0 Å². The molecule has 0 rings (SSSR count). The van der Waals surface area contributed by atoms with Crippen molar-refractivity contribution in [2.24, 2.45) is 0 Å². The number of nitrogens with zero attached hydrogens (tertiary/aromatic N) is 1. The lowest BCUT2D eigenvalue weighted by atomic mass is 10.2. The van der Waals surface area contributed by atoms with Gasteiger partial charge in [0.05, 0.1) is 6.51 Å². The highest BCUT2D eigenvalue weighted by atomic mass is 16.9. The molecular weight excluding hydrogens is 84.8 g/mol. The first-order chi connectivity index (χ1) is 2.77. The fourth-order valence-corrected chi connectivity index (χ4v) is 0.0609. The summed E-state index contributed by atoms with van der Waals surface area (Å²) in [4.78, 5) is 12.6. The van der Waals surface area contributed by atoms with Crippen LogP contribution in [0.25, 0.3) is 0 Å². The quantitative estimate of drug-likeness (QED) is 0.254. The van der Waals surface area contributed by atoms with Crippen LogP contribution in [0.1, 0.15) is 0 Å². The van der Waals surface area contributed by atoms with Crippen molar-refractivity contribution in [3.8, 4) is 0 Å². The van der Waals surface area contributed by atoms with Gasteiger partial charge >= 0.3 is 0 Å². The first-order valence-electron chi connectivity index (χ1n) is 1.24. The lowest BCUT2D eigenvalue weighted by molar-refractivity contribution is -0.753. The zero-order chi connectivity index (χ0) is 4.99. The molecule has 0 spiro atoms. The van der Waals surface area contributed by atoms with Gasteiger partial charge in [-0.3, -0.25) is 0 Å². The zero-order valence-corrected chi connectivity index (χ0v) is 2.96. The summed E-state index contributed by atoms with van der Waals surface area (Å²) in [7, 11) is 4.57. The van der Waals surface area contributed by atoms with Gasteiger partial charge in [-0.2, -0.15) is 0 Å². The molecule has 0 aliphatic carbocycles. The van der Waals surface area contributed by atoms with E-state index in [2.05, 4.69) is 12.7 Å². The predicted molar refractivity (Wildman–Crippen MR) is 18.7 cm³/mol. The molecular formula is CH2BNO3. The van der Waals surface area contributed by atoms with E-state index in [9.17, 15) is 0 Å². The predicted octanol–water partition coefficient (Wildman–Crippen LogP) is -0.679. The van der Waals surface area contributed by atoms with Crippen molar-refractivity contribution in [2.75, 3.05) is 6.51 Å². The van der Waals surface area contributed by atoms with E-state index in [1.165, 1.54) is 0 Å². The molecule has 0 saturated carbocycles.